The first kappa shape index (κ1) is 19.4. The number of aryl methyl sites for hydroxylation is 2. The van der Waals surface area contributed by atoms with Crippen LogP contribution in [0.15, 0.2) is 47.0 Å². The van der Waals surface area contributed by atoms with Gasteiger partial charge in [-0.2, -0.15) is 0 Å². The molecule has 0 bridgehead atoms. The first-order valence-electron chi connectivity index (χ1n) is 10.0. The molecule has 0 spiro atoms. The topological polar surface area (TPSA) is 97.1 Å². The molecule has 31 heavy (non-hydrogen) atoms. The average Bonchev–Trinajstić information content (AvgIpc) is 3.34. The summed E-state index contributed by atoms with van der Waals surface area (Å²) in [6, 6.07) is 12.9. The molecule has 8 heteroatoms. The second-order valence-corrected chi connectivity index (χ2v) is 8.98. The van der Waals surface area contributed by atoms with E-state index in [0.717, 1.165) is 22.6 Å². The van der Waals surface area contributed by atoms with Gasteiger partial charge in [0.1, 0.15) is 0 Å². The molecule has 2 N–H and O–H groups in total. The number of fused-ring (bicyclic) bond motifs is 1. The van der Waals surface area contributed by atoms with Gasteiger partial charge in [-0.15, -0.1) is 11.3 Å². The number of pyridine rings is 1. The molecule has 0 radical (unpaired) electrons. The van der Waals surface area contributed by atoms with E-state index in [1.54, 1.807) is 48.6 Å². The van der Waals surface area contributed by atoms with Crippen molar-refractivity contribution in [1.82, 2.24) is 15.5 Å². The molecule has 3 heterocycles. The summed E-state index contributed by atoms with van der Waals surface area (Å²) in [5.74, 6) is -0.442. The summed E-state index contributed by atoms with van der Waals surface area (Å²) in [7, 11) is 0. The van der Waals surface area contributed by atoms with E-state index in [9.17, 15) is 9.59 Å². The van der Waals surface area contributed by atoms with Crippen LogP contribution in [0, 0.1) is 13.8 Å². The Bertz CT molecular complexity index is 1320. The molecule has 2 amide bonds. The van der Waals surface area contributed by atoms with Crippen LogP contribution in [0.3, 0.4) is 0 Å². The van der Waals surface area contributed by atoms with Crippen molar-refractivity contribution in [2.24, 2.45) is 0 Å². The lowest BCUT2D eigenvalue weighted by atomic mass is 10.1. The maximum absolute atomic E-state index is 13.2. The van der Waals surface area contributed by atoms with Gasteiger partial charge in [0.15, 0.2) is 0 Å². The van der Waals surface area contributed by atoms with Crippen molar-refractivity contribution >= 4 is 39.9 Å². The third-order valence-electron chi connectivity index (χ3n) is 5.15. The quantitative estimate of drug-likeness (QED) is 0.476. The molecule has 0 saturated heterocycles. The zero-order chi connectivity index (χ0) is 21.5. The zero-order valence-corrected chi connectivity index (χ0v) is 17.9. The number of carbonyl (C=O) groups excluding carboxylic acids is 2. The fourth-order valence-electron chi connectivity index (χ4n) is 3.41. The van der Waals surface area contributed by atoms with E-state index < -0.39 is 0 Å². The SMILES string of the molecule is Cc1ccc(-c2cc(C(=O)Nc3cccc(C(=O)NC4CC4)c3)c3c(C)noc3n2)s1. The van der Waals surface area contributed by atoms with E-state index in [4.69, 9.17) is 4.52 Å². The molecule has 7 nitrogen and oxygen atoms in total. The van der Waals surface area contributed by atoms with Crippen molar-refractivity contribution in [2.75, 3.05) is 5.32 Å². The number of hydrogen-bond donors (Lipinski definition) is 2. The van der Waals surface area contributed by atoms with Gasteiger partial charge < -0.3 is 15.2 Å². The normalized spacial score (nSPS) is 13.4. The van der Waals surface area contributed by atoms with Crippen molar-refractivity contribution in [3.05, 3.63) is 64.2 Å². The minimum absolute atomic E-state index is 0.130. The van der Waals surface area contributed by atoms with Crippen molar-refractivity contribution in [1.29, 1.82) is 0 Å². The number of nitrogens with zero attached hydrogens (tertiary/aromatic N) is 2. The largest absolute Gasteiger partial charge is 0.349 e. The molecular formula is C23H20N4O3S. The van der Waals surface area contributed by atoms with Crippen molar-refractivity contribution in [3.8, 4) is 10.6 Å². The Morgan fingerprint density at radius 3 is 2.68 bits per heavy atom. The summed E-state index contributed by atoms with van der Waals surface area (Å²) in [5.41, 5.74) is 3.06. The van der Waals surface area contributed by atoms with Crippen LogP contribution in [-0.2, 0) is 0 Å². The molecule has 5 rings (SSSR count). The lowest BCUT2D eigenvalue weighted by Gasteiger charge is -2.09. The van der Waals surface area contributed by atoms with Crippen LogP contribution in [0.25, 0.3) is 21.7 Å². The Morgan fingerprint density at radius 1 is 1.10 bits per heavy atom. The van der Waals surface area contributed by atoms with Crippen molar-refractivity contribution in [3.63, 3.8) is 0 Å². The Labute approximate surface area is 182 Å². The molecule has 1 saturated carbocycles. The lowest BCUT2D eigenvalue weighted by Crippen LogP contribution is -2.25. The highest BCUT2D eigenvalue weighted by molar-refractivity contribution is 7.15. The minimum Gasteiger partial charge on any atom is -0.349 e. The summed E-state index contributed by atoms with van der Waals surface area (Å²) >= 11 is 1.59. The summed E-state index contributed by atoms with van der Waals surface area (Å²) < 4.78 is 5.36. The molecule has 3 aromatic heterocycles. The van der Waals surface area contributed by atoms with E-state index in [0.29, 0.717) is 39.3 Å². The van der Waals surface area contributed by atoms with Gasteiger partial charge in [-0.1, -0.05) is 11.2 Å². The fourth-order valence-corrected chi connectivity index (χ4v) is 4.23. The third kappa shape index (κ3) is 3.94. The number of benzene rings is 1. The highest BCUT2D eigenvalue weighted by Gasteiger charge is 2.24. The predicted molar refractivity (Wildman–Crippen MR) is 119 cm³/mol. The minimum atomic E-state index is -0.312. The molecule has 1 aliphatic carbocycles. The van der Waals surface area contributed by atoms with E-state index >= 15 is 0 Å². The number of rotatable bonds is 5. The van der Waals surface area contributed by atoms with Crippen LogP contribution >= 0.6 is 11.3 Å². The van der Waals surface area contributed by atoms with E-state index in [1.807, 2.05) is 19.1 Å². The number of nitrogens with one attached hydrogen (secondary N) is 2. The molecule has 1 aromatic carbocycles. The van der Waals surface area contributed by atoms with Gasteiger partial charge in [-0.05, 0) is 63.1 Å². The van der Waals surface area contributed by atoms with Crippen LogP contribution in [0.5, 0.6) is 0 Å². The smallest absolute Gasteiger partial charge is 0.259 e. The van der Waals surface area contributed by atoms with Gasteiger partial charge >= 0.3 is 0 Å². The second kappa shape index (κ2) is 7.63. The monoisotopic (exact) mass is 432 g/mol. The van der Waals surface area contributed by atoms with Crippen LogP contribution in [0.2, 0.25) is 0 Å². The average molecular weight is 433 g/mol. The van der Waals surface area contributed by atoms with Gasteiger partial charge in [-0.3, -0.25) is 9.59 Å². The van der Waals surface area contributed by atoms with Crippen LogP contribution in [0.1, 0.15) is 44.1 Å². The van der Waals surface area contributed by atoms with Crippen LogP contribution in [-0.4, -0.2) is 28.0 Å². The Hall–Kier alpha value is -3.52. The Balaban J connectivity index is 1.48. The molecule has 0 atom stereocenters. The highest BCUT2D eigenvalue weighted by Crippen LogP contribution is 2.31. The standard InChI is InChI=1S/C23H20N4O3S/c1-12-6-9-19(31-12)18-11-17(20-13(2)27-30-23(20)26-18)22(29)25-16-5-3-4-14(10-16)21(28)24-15-7-8-15/h3-6,9-11,15H,7-8H2,1-2H3,(H,24,28)(H,25,29). The molecule has 156 valence electrons. The number of hydrogen-bond acceptors (Lipinski definition) is 6. The first-order valence-corrected chi connectivity index (χ1v) is 10.9. The number of amides is 2. The van der Waals surface area contributed by atoms with Crippen molar-refractivity contribution < 1.29 is 14.1 Å². The Kier molecular flexibility index (Phi) is 4.78. The molecular weight excluding hydrogens is 412 g/mol. The van der Waals surface area contributed by atoms with Gasteiger partial charge in [0.2, 0.25) is 0 Å². The van der Waals surface area contributed by atoms with Crippen LogP contribution < -0.4 is 10.6 Å². The lowest BCUT2D eigenvalue weighted by molar-refractivity contribution is 0.0949. The highest BCUT2D eigenvalue weighted by atomic mass is 32.1. The van der Waals surface area contributed by atoms with E-state index in [1.165, 1.54) is 0 Å². The maximum atomic E-state index is 13.2. The molecule has 1 fully saturated rings. The number of aromatic nitrogens is 2. The zero-order valence-electron chi connectivity index (χ0n) is 17.1. The summed E-state index contributed by atoms with van der Waals surface area (Å²) in [6.07, 6.45) is 2.04. The maximum Gasteiger partial charge on any atom is 0.259 e. The third-order valence-corrected chi connectivity index (χ3v) is 6.17. The summed E-state index contributed by atoms with van der Waals surface area (Å²) in [6.45, 7) is 3.80. The van der Waals surface area contributed by atoms with Crippen LogP contribution in [0.4, 0.5) is 5.69 Å². The number of anilines is 1. The van der Waals surface area contributed by atoms with E-state index in [-0.39, 0.29) is 17.9 Å². The predicted octanol–water partition coefficient (Wildman–Crippen LogP) is 4.71. The van der Waals surface area contributed by atoms with Gasteiger partial charge in [0.05, 0.1) is 27.2 Å². The van der Waals surface area contributed by atoms with Gasteiger partial charge in [0.25, 0.3) is 17.5 Å². The van der Waals surface area contributed by atoms with Crippen molar-refractivity contribution in [2.45, 2.75) is 32.7 Å². The summed E-state index contributed by atoms with van der Waals surface area (Å²) in [5, 5.41) is 10.4. The molecule has 0 unspecified atom stereocenters. The van der Waals surface area contributed by atoms with E-state index in [2.05, 4.69) is 20.8 Å². The molecule has 1 aliphatic rings. The molecule has 4 aromatic rings. The fraction of sp³-hybridized carbons (Fsp3) is 0.217. The van der Waals surface area contributed by atoms with Gasteiger partial charge in [-0.25, -0.2) is 4.98 Å². The summed E-state index contributed by atoms with van der Waals surface area (Å²) in [4.78, 5) is 32.2. The Morgan fingerprint density at radius 2 is 1.94 bits per heavy atom. The first-order chi connectivity index (χ1) is 15.0. The molecule has 0 aliphatic heterocycles. The number of carbonyl (C=O) groups is 2. The second-order valence-electron chi connectivity index (χ2n) is 7.70. The number of thiophene rings is 1. The van der Waals surface area contributed by atoms with Gasteiger partial charge in [0, 0.05) is 22.2 Å².